The lowest BCUT2D eigenvalue weighted by atomic mass is 9.97. The number of alkyl halides is 1. The lowest BCUT2D eigenvalue weighted by Gasteiger charge is -2.10. The standard InChI is InChI=1S/C15H19ClN4OS/c1-9(12-8-17-12)6-10-2-4-11(5-3-10)14-19-20-15(22-14)18-13(21)7-16/h2-5,9,12,15,17,20H,6-8H2,1H3,(H,18,21). The van der Waals surface area contributed by atoms with Crippen molar-refractivity contribution in [3.63, 3.8) is 0 Å². The van der Waals surface area contributed by atoms with Crippen molar-refractivity contribution in [2.75, 3.05) is 12.4 Å². The molecule has 1 saturated heterocycles. The van der Waals surface area contributed by atoms with E-state index in [2.05, 4.69) is 52.3 Å². The van der Waals surface area contributed by atoms with Gasteiger partial charge in [-0.25, -0.2) is 0 Å². The molecule has 1 fully saturated rings. The topological polar surface area (TPSA) is 75.4 Å². The maximum absolute atomic E-state index is 11.3. The number of carbonyl (C=O) groups is 1. The minimum Gasteiger partial charge on any atom is -0.325 e. The van der Waals surface area contributed by atoms with E-state index in [1.807, 2.05) is 0 Å². The predicted molar refractivity (Wildman–Crippen MR) is 91.0 cm³/mol. The molecular weight excluding hydrogens is 320 g/mol. The van der Waals surface area contributed by atoms with Gasteiger partial charge < -0.3 is 10.6 Å². The molecule has 7 heteroatoms. The molecule has 0 spiro atoms. The molecule has 2 aliphatic rings. The van der Waals surface area contributed by atoms with E-state index >= 15 is 0 Å². The number of nitrogens with one attached hydrogen (secondary N) is 3. The van der Waals surface area contributed by atoms with E-state index in [1.165, 1.54) is 17.3 Å². The van der Waals surface area contributed by atoms with Crippen LogP contribution in [-0.2, 0) is 11.2 Å². The SMILES string of the molecule is CC(Cc1ccc(C2=NNC(NC(=O)CCl)S2)cc1)C1CN1. The third-order valence-corrected chi connectivity index (χ3v) is 5.06. The highest BCUT2D eigenvalue weighted by Crippen LogP contribution is 2.23. The number of hydrogen-bond acceptors (Lipinski definition) is 5. The average molecular weight is 339 g/mol. The van der Waals surface area contributed by atoms with Gasteiger partial charge in [-0.2, -0.15) is 5.10 Å². The molecule has 0 saturated carbocycles. The number of nitrogens with zero attached hydrogens (tertiary/aromatic N) is 1. The number of halogens is 1. The molecule has 3 N–H and O–H groups in total. The molecule has 1 aromatic rings. The molecule has 0 aliphatic carbocycles. The summed E-state index contributed by atoms with van der Waals surface area (Å²) in [6.07, 6.45) is 1.09. The quantitative estimate of drug-likeness (QED) is 0.542. The fourth-order valence-corrected chi connectivity index (χ4v) is 3.40. The highest BCUT2D eigenvalue weighted by Gasteiger charge is 2.27. The van der Waals surface area contributed by atoms with E-state index in [0.29, 0.717) is 12.0 Å². The van der Waals surface area contributed by atoms with Gasteiger partial charge in [0.05, 0.1) is 0 Å². The largest absolute Gasteiger partial charge is 0.325 e. The summed E-state index contributed by atoms with van der Waals surface area (Å²) in [5.74, 6) is 0.415. The molecule has 5 nitrogen and oxygen atoms in total. The Labute approximate surface area is 139 Å². The smallest absolute Gasteiger partial charge is 0.237 e. The van der Waals surface area contributed by atoms with E-state index in [1.54, 1.807) is 0 Å². The van der Waals surface area contributed by atoms with Crippen molar-refractivity contribution in [3.8, 4) is 0 Å². The molecule has 0 aromatic heterocycles. The second-order valence-corrected chi connectivity index (χ2v) is 7.00. The van der Waals surface area contributed by atoms with Gasteiger partial charge in [0.2, 0.25) is 5.91 Å². The Morgan fingerprint density at radius 3 is 2.86 bits per heavy atom. The first-order chi connectivity index (χ1) is 10.7. The summed E-state index contributed by atoms with van der Waals surface area (Å²) in [5, 5.41) is 11.2. The van der Waals surface area contributed by atoms with Gasteiger partial charge in [-0.15, -0.1) is 11.6 Å². The third-order valence-electron chi connectivity index (χ3n) is 3.81. The zero-order chi connectivity index (χ0) is 15.5. The highest BCUT2D eigenvalue weighted by molar-refractivity contribution is 8.15. The molecule has 0 bridgehead atoms. The summed E-state index contributed by atoms with van der Waals surface area (Å²) in [4.78, 5) is 11.3. The maximum atomic E-state index is 11.3. The maximum Gasteiger partial charge on any atom is 0.237 e. The molecule has 1 amide bonds. The van der Waals surface area contributed by atoms with Crippen molar-refractivity contribution in [1.82, 2.24) is 16.1 Å². The van der Waals surface area contributed by atoms with Crippen LogP contribution in [0.2, 0.25) is 0 Å². The van der Waals surface area contributed by atoms with E-state index < -0.39 is 0 Å². The normalized spacial score (nSPS) is 24.4. The van der Waals surface area contributed by atoms with Crippen LogP contribution in [0.25, 0.3) is 0 Å². The Balaban J connectivity index is 1.55. The van der Waals surface area contributed by atoms with Gasteiger partial charge in [-0.3, -0.25) is 10.2 Å². The summed E-state index contributed by atoms with van der Waals surface area (Å²) in [7, 11) is 0. The first-order valence-electron chi connectivity index (χ1n) is 7.33. The van der Waals surface area contributed by atoms with Crippen molar-refractivity contribution >= 4 is 34.3 Å². The molecule has 22 heavy (non-hydrogen) atoms. The average Bonchev–Trinajstić information content (AvgIpc) is 3.28. The molecule has 1 aromatic carbocycles. The fourth-order valence-electron chi connectivity index (χ4n) is 2.43. The van der Waals surface area contributed by atoms with E-state index in [9.17, 15) is 4.79 Å². The molecule has 3 atom stereocenters. The monoisotopic (exact) mass is 338 g/mol. The summed E-state index contributed by atoms with van der Waals surface area (Å²) < 4.78 is 0. The van der Waals surface area contributed by atoms with Crippen LogP contribution < -0.4 is 16.1 Å². The van der Waals surface area contributed by atoms with Crippen molar-refractivity contribution in [3.05, 3.63) is 35.4 Å². The third kappa shape index (κ3) is 3.94. The Kier molecular flexibility index (Phi) is 4.90. The number of amides is 1. The van der Waals surface area contributed by atoms with Gasteiger partial charge in [0, 0.05) is 18.2 Å². The van der Waals surface area contributed by atoms with Crippen LogP contribution in [0.5, 0.6) is 0 Å². The van der Waals surface area contributed by atoms with Crippen LogP contribution in [0.1, 0.15) is 18.1 Å². The Morgan fingerprint density at radius 1 is 1.50 bits per heavy atom. The van der Waals surface area contributed by atoms with E-state index in [4.69, 9.17) is 11.6 Å². The number of hydrogen-bond donors (Lipinski definition) is 3. The number of rotatable bonds is 6. The molecule has 2 aliphatic heterocycles. The molecule has 3 unspecified atom stereocenters. The molecule has 118 valence electrons. The van der Waals surface area contributed by atoms with Crippen molar-refractivity contribution < 1.29 is 4.79 Å². The van der Waals surface area contributed by atoms with Gasteiger partial charge in [0.1, 0.15) is 10.9 Å². The molecular formula is C15H19ClN4OS. The minimum absolute atomic E-state index is 0.0448. The van der Waals surface area contributed by atoms with Crippen molar-refractivity contribution in [2.24, 2.45) is 11.0 Å². The second-order valence-electron chi connectivity index (χ2n) is 5.64. The van der Waals surface area contributed by atoms with Crippen molar-refractivity contribution in [1.29, 1.82) is 0 Å². The van der Waals surface area contributed by atoms with Gasteiger partial charge >= 0.3 is 0 Å². The zero-order valence-electron chi connectivity index (χ0n) is 12.3. The summed E-state index contributed by atoms with van der Waals surface area (Å²) in [6, 6.07) is 9.16. The van der Waals surface area contributed by atoms with Gasteiger partial charge in [-0.05, 0) is 17.9 Å². The van der Waals surface area contributed by atoms with Gasteiger partial charge in [-0.1, -0.05) is 43.0 Å². The van der Waals surface area contributed by atoms with Crippen LogP contribution >= 0.6 is 23.4 Å². The Morgan fingerprint density at radius 2 is 2.23 bits per heavy atom. The van der Waals surface area contributed by atoms with Crippen LogP contribution in [0, 0.1) is 5.92 Å². The van der Waals surface area contributed by atoms with Crippen LogP contribution in [0.4, 0.5) is 0 Å². The minimum atomic E-state index is -0.248. The molecule has 0 radical (unpaired) electrons. The number of thioether (sulfide) groups is 1. The number of hydrazone groups is 1. The lowest BCUT2D eigenvalue weighted by molar-refractivity contribution is -0.118. The summed E-state index contributed by atoms with van der Waals surface area (Å²) in [5.41, 5.74) is 5.04. The number of carbonyl (C=O) groups excluding carboxylic acids is 1. The molecule has 2 heterocycles. The first kappa shape index (κ1) is 15.6. The van der Waals surface area contributed by atoms with Gasteiger partial charge in [0.15, 0.2) is 5.50 Å². The van der Waals surface area contributed by atoms with Gasteiger partial charge in [0.25, 0.3) is 0 Å². The summed E-state index contributed by atoms with van der Waals surface area (Å²) >= 11 is 6.96. The number of benzene rings is 1. The van der Waals surface area contributed by atoms with Crippen molar-refractivity contribution in [2.45, 2.75) is 24.9 Å². The predicted octanol–water partition coefficient (Wildman–Crippen LogP) is 1.47. The van der Waals surface area contributed by atoms with E-state index in [0.717, 1.165) is 23.6 Å². The Hall–Kier alpha value is -1.24. The zero-order valence-corrected chi connectivity index (χ0v) is 13.9. The first-order valence-corrected chi connectivity index (χ1v) is 8.75. The fraction of sp³-hybridized carbons (Fsp3) is 0.467. The molecule has 3 rings (SSSR count). The highest BCUT2D eigenvalue weighted by atomic mass is 35.5. The lowest BCUT2D eigenvalue weighted by Crippen LogP contribution is -2.39. The Bertz CT molecular complexity index is 573. The summed E-state index contributed by atoms with van der Waals surface area (Å²) in [6.45, 7) is 3.43. The van der Waals surface area contributed by atoms with Crippen LogP contribution in [-0.4, -0.2) is 34.9 Å². The van der Waals surface area contributed by atoms with Crippen LogP contribution in [0.3, 0.4) is 0 Å². The second kappa shape index (κ2) is 6.89. The van der Waals surface area contributed by atoms with Crippen LogP contribution in [0.15, 0.2) is 29.4 Å². The van der Waals surface area contributed by atoms with E-state index in [-0.39, 0.29) is 17.3 Å².